The van der Waals surface area contributed by atoms with Gasteiger partial charge in [-0.3, -0.25) is 0 Å². The van der Waals surface area contributed by atoms with Crippen molar-refractivity contribution in [2.45, 2.75) is 193 Å². The highest BCUT2D eigenvalue weighted by Gasteiger charge is 2.04. The van der Waals surface area contributed by atoms with E-state index in [0.717, 1.165) is 19.3 Å². The second kappa shape index (κ2) is 30.0. The number of rotatable bonds is 29. The molecule has 200 valence electrons. The average molecular weight is 469 g/mol. The SMILES string of the molecule is CCCCCCCCCCCCCCCC(O)CCCCCCCCCCCCCCCO. The topological polar surface area (TPSA) is 40.5 Å². The van der Waals surface area contributed by atoms with Crippen LogP contribution in [-0.2, 0) is 0 Å². The molecule has 0 aliphatic carbocycles. The summed E-state index contributed by atoms with van der Waals surface area (Å²) in [7, 11) is 0. The zero-order valence-electron chi connectivity index (χ0n) is 23.0. The first-order chi connectivity index (χ1) is 16.3. The van der Waals surface area contributed by atoms with Gasteiger partial charge in [0.05, 0.1) is 6.10 Å². The average Bonchev–Trinajstić information content (AvgIpc) is 2.82. The third kappa shape index (κ3) is 29.9. The molecule has 0 aromatic heterocycles. The van der Waals surface area contributed by atoms with E-state index in [2.05, 4.69) is 6.92 Å². The summed E-state index contributed by atoms with van der Waals surface area (Å²) in [4.78, 5) is 0. The van der Waals surface area contributed by atoms with Crippen molar-refractivity contribution >= 4 is 0 Å². The van der Waals surface area contributed by atoms with E-state index in [1.165, 1.54) is 161 Å². The lowest BCUT2D eigenvalue weighted by Crippen LogP contribution is -2.05. The number of aliphatic hydroxyl groups is 2. The van der Waals surface area contributed by atoms with Crippen LogP contribution in [0.2, 0.25) is 0 Å². The van der Waals surface area contributed by atoms with E-state index in [4.69, 9.17) is 5.11 Å². The van der Waals surface area contributed by atoms with Crippen LogP contribution in [0.25, 0.3) is 0 Å². The number of hydrogen-bond acceptors (Lipinski definition) is 2. The summed E-state index contributed by atoms with van der Waals surface area (Å²) in [5, 5.41) is 19.0. The Bertz CT molecular complexity index is 331. The predicted octanol–water partition coefficient (Wildman–Crippen LogP) is 10.3. The van der Waals surface area contributed by atoms with Crippen molar-refractivity contribution in [1.29, 1.82) is 0 Å². The van der Waals surface area contributed by atoms with Crippen LogP contribution in [0.5, 0.6) is 0 Å². The fourth-order valence-corrected chi connectivity index (χ4v) is 4.98. The Hall–Kier alpha value is -0.0800. The predicted molar refractivity (Wildman–Crippen MR) is 148 cm³/mol. The molecule has 0 amide bonds. The Balaban J connectivity index is 3.13. The van der Waals surface area contributed by atoms with Crippen LogP contribution in [0.4, 0.5) is 0 Å². The summed E-state index contributed by atoms with van der Waals surface area (Å²) < 4.78 is 0. The highest BCUT2D eigenvalue weighted by molar-refractivity contribution is 4.58. The molecule has 1 atom stereocenters. The van der Waals surface area contributed by atoms with Crippen molar-refractivity contribution in [3.05, 3.63) is 0 Å². The molecule has 0 aliphatic heterocycles. The molecule has 2 heteroatoms. The van der Waals surface area contributed by atoms with Gasteiger partial charge < -0.3 is 10.2 Å². The first-order valence-corrected chi connectivity index (χ1v) is 15.6. The second-order valence-electron chi connectivity index (χ2n) is 10.8. The van der Waals surface area contributed by atoms with E-state index < -0.39 is 0 Å². The summed E-state index contributed by atoms with van der Waals surface area (Å²) >= 11 is 0. The monoisotopic (exact) mass is 468 g/mol. The molecule has 33 heavy (non-hydrogen) atoms. The van der Waals surface area contributed by atoms with Crippen LogP contribution in [0, 0.1) is 0 Å². The molecule has 0 heterocycles. The quantitative estimate of drug-likeness (QED) is 0.107. The fraction of sp³-hybridized carbons (Fsp3) is 1.00. The van der Waals surface area contributed by atoms with Gasteiger partial charge in [-0.25, -0.2) is 0 Å². The molecular weight excluding hydrogens is 404 g/mol. The minimum Gasteiger partial charge on any atom is -0.396 e. The molecule has 2 N–H and O–H groups in total. The van der Waals surface area contributed by atoms with Crippen molar-refractivity contribution in [2.24, 2.45) is 0 Å². The third-order valence-electron chi connectivity index (χ3n) is 7.34. The largest absolute Gasteiger partial charge is 0.396 e. The van der Waals surface area contributed by atoms with Crippen LogP contribution in [0.3, 0.4) is 0 Å². The van der Waals surface area contributed by atoms with Crippen LogP contribution in [0.1, 0.15) is 187 Å². The lowest BCUT2D eigenvalue weighted by Gasteiger charge is -2.10. The van der Waals surface area contributed by atoms with Gasteiger partial charge in [0.1, 0.15) is 0 Å². The molecule has 2 nitrogen and oxygen atoms in total. The normalized spacial score (nSPS) is 12.5. The van der Waals surface area contributed by atoms with Crippen molar-refractivity contribution in [3.63, 3.8) is 0 Å². The molecule has 0 aliphatic rings. The second-order valence-corrected chi connectivity index (χ2v) is 10.8. The van der Waals surface area contributed by atoms with Gasteiger partial charge in [0, 0.05) is 6.61 Å². The number of aliphatic hydroxyl groups excluding tert-OH is 2. The molecule has 0 spiro atoms. The van der Waals surface area contributed by atoms with E-state index in [-0.39, 0.29) is 6.10 Å². The van der Waals surface area contributed by atoms with Gasteiger partial charge in [0.25, 0.3) is 0 Å². The summed E-state index contributed by atoms with van der Waals surface area (Å²) in [5.41, 5.74) is 0. The summed E-state index contributed by atoms with van der Waals surface area (Å²) in [6.45, 7) is 2.65. The highest BCUT2D eigenvalue weighted by atomic mass is 16.3. The van der Waals surface area contributed by atoms with Crippen molar-refractivity contribution in [3.8, 4) is 0 Å². The maximum absolute atomic E-state index is 10.2. The van der Waals surface area contributed by atoms with Crippen LogP contribution in [-0.4, -0.2) is 22.9 Å². The summed E-state index contributed by atoms with van der Waals surface area (Å²) in [6, 6.07) is 0. The van der Waals surface area contributed by atoms with Gasteiger partial charge in [-0.05, 0) is 19.3 Å². The summed E-state index contributed by atoms with van der Waals surface area (Å²) in [6.07, 6.45) is 37.2. The molecule has 0 aromatic rings. The van der Waals surface area contributed by atoms with Crippen molar-refractivity contribution in [2.75, 3.05) is 6.61 Å². The molecule has 0 saturated carbocycles. The van der Waals surface area contributed by atoms with E-state index in [0.29, 0.717) is 6.61 Å². The maximum atomic E-state index is 10.2. The molecule has 0 fully saturated rings. The van der Waals surface area contributed by atoms with Crippen molar-refractivity contribution in [1.82, 2.24) is 0 Å². The van der Waals surface area contributed by atoms with Gasteiger partial charge in [-0.1, -0.05) is 167 Å². The Kier molecular flexibility index (Phi) is 29.9. The van der Waals surface area contributed by atoms with E-state index in [9.17, 15) is 5.11 Å². The molecule has 0 aromatic carbocycles. The summed E-state index contributed by atoms with van der Waals surface area (Å²) in [5.74, 6) is 0. The van der Waals surface area contributed by atoms with Gasteiger partial charge in [0.15, 0.2) is 0 Å². The molecular formula is C31H64O2. The molecule has 1 unspecified atom stereocenters. The Morgan fingerprint density at radius 2 is 0.606 bits per heavy atom. The Morgan fingerprint density at radius 3 is 0.879 bits per heavy atom. The fourth-order valence-electron chi connectivity index (χ4n) is 4.98. The minimum absolute atomic E-state index is 0.0462. The Labute approximate surface area is 209 Å². The first kappa shape index (κ1) is 32.9. The van der Waals surface area contributed by atoms with E-state index >= 15 is 0 Å². The van der Waals surface area contributed by atoms with Gasteiger partial charge in [0.2, 0.25) is 0 Å². The highest BCUT2D eigenvalue weighted by Crippen LogP contribution is 2.16. The van der Waals surface area contributed by atoms with E-state index in [1.54, 1.807) is 0 Å². The van der Waals surface area contributed by atoms with Crippen molar-refractivity contribution < 1.29 is 10.2 Å². The third-order valence-corrected chi connectivity index (χ3v) is 7.34. The number of hydrogen-bond donors (Lipinski definition) is 2. The van der Waals surface area contributed by atoms with Gasteiger partial charge >= 0.3 is 0 Å². The Morgan fingerprint density at radius 1 is 0.364 bits per heavy atom. The zero-order valence-corrected chi connectivity index (χ0v) is 23.0. The smallest absolute Gasteiger partial charge is 0.0540 e. The molecule has 0 rings (SSSR count). The molecule has 0 bridgehead atoms. The van der Waals surface area contributed by atoms with Crippen LogP contribution >= 0.6 is 0 Å². The van der Waals surface area contributed by atoms with Crippen LogP contribution in [0.15, 0.2) is 0 Å². The van der Waals surface area contributed by atoms with Crippen LogP contribution < -0.4 is 0 Å². The van der Waals surface area contributed by atoms with E-state index in [1.807, 2.05) is 0 Å². The number of unbranched alkanes of at least 4 members (excludes halogenated alkanes) is 24. The van der Waals surface area contributed by atoms with Gasteiger partial charge in [-0.2, -0.15) is 0 Å². The maximum Gasteiger partial charge on any atom is 0.0540 e. The minimum atomic E-state index is -0.0462. The zero-order chi connectivity index (χ0) is 24.1. The first-order valence-electron chi connectivity index (χ1n) is 15.6. The lowest BCUT2D eigenvalue weighted by atomic mass is 10.0. The standard InChI is InChI=1S/C31H64O2/c1-2-3-4-5-6-7-8-10-13-16-19-22-25-28-31(33)29-26-23-20-17-14-11-9-12-15-18-21-24-27-30-32/h31-33H,2-30H2,1H3. The molecule has 0 saturated heterocycles. The molecule has 0 radical (unpaired) electrons. The van der Waals surface area contributed by atoms with Gasteiger partial charge in [-0.15, -0.1) is 0 Å². The lowest BCUT2D eigenvalue weighted by molar-refractivity contribution is 0.147.